The summed E-state index contributed by atoms with van der Waals surface area (Å²) in [6.45, 7) is 4.05. The molecule has 0 atom stereocenters. The average molecular weight is 375 g/mol. The lowest BCUT2D eigenvalue weighted by Crippen LogP contribution is -2.07. The van der Waals surface area contributed by atoms with Gasteiger partial charge in [0.05, 0.1) is 10.3 Å². The molecule has 25 heavy (non-hydrogen) atoms. The maximum Gasteiger partial charge on any atom is 0.258 e. The van der Waals surface area contributed by atoms with Gasteiger partial charge in [-0.05, 0) is 42.0 Å². The van der Waals surface area contributed by atoms with Crippen LogP contribution in [0, 0.1) is 13.8 Å². The van der Waals surface area contributed by atoms with Crippen LogP contribution < -0.4 is 4.74 Å². The Balaban J connectivity index is 1.45. The quantitative estimate of drug-likeness (QED) is 0.672. The van der Waals surface area contributed by atoms with Crippen molar-refractivity contribution in [3.8, 4) is 11.6 Å². The molecular weight excluding hydrogens is 358 g/mol. The van der Waals surface area contributed by atoms with Crippen molar-refractivity contribution in [1.82, 2.24) is 25.4 Å². The Labute approximate surface area is 153 Å². The van der Waals surface area contributed by atoms with Crippen LogP contribution in [0.25, 0.3) is 5.88 Å². The fourth-order valence-electron chi connectivity index (χ4n) is 2.47. The lowest BCUT2D eigenvalue weighted by atomic mass is 10.2. The third kappa shape index (κ3) is 3.38. The second kappa shape index (κ2) is 7.09. The number of nitrogens with zero attached hydrogens (tertiary/aromatic N) is 5. The number of hydrogen-bond acceptors (Lipinski definition) is 8. The van der Waals surface area contributed by atoms with E-state index in [4.69, 9.17) is 9.26 Å². The first-order valence-corrected chi connectivity index (χ1v) is 9.98. The molecule has 3 heterocycles. The first-order valence-electron chi connectivity index (χ1n) is 7.89. The van der Waals surface area contributed by atoms with Crippen LogP contribution in [0.4, 0.5) is 0 Å². The maximum absolute atomic E-state index is 5.84. The van der Waals surface area contributed by atoms with Gasteiger partial charge in [-0.1, -0.05) is 17.3 Å². The van der Waals surface area contributed by atoms with E-state index in [2.05, 4.69) is 32.8 Å². The van der Waals surface area contributed by atoms with Crippen LogP contribution in [0.1, 0.15) is 27.2 Å². The fraction of sp³-hybridized carbons (Fsp3) is 0.375. The minimum absolute atomic E-state index is 0.248. The molecule has 1 fully saturated rings. The third-order valence-electron chi connectivity index (χ3n) is 4.00. The zero-order valence-corrected chi connectivity index (χ0v) is 15.5. The van der Waals surface area contributed by atoms with Crippen molar-refractivity contribution in [3.63, 3.8) is 0 Å². The molecule has 1 aliphatic heterocycles. The first kappa shape index (κ1) is 16.5. The summed E-state index contributed by atoms with van der Waals surface area (Å²) in [5.74, 6) is 4.31. The zero-order valence-electron chi connectivity index (χ0n) is 13.9. The number of hydrogen-bond donors (Lipinski definition) is 0. The van der Waals surface area contributed by atoms with E-state index in [0.717, 1.165) is 17.0 Å². The molecule has 0 saturated carbocycles. The molecular formula is C16H17N5O2S2. The van der Waals surface area contributed by atoms with Gasteiger partial charge in [-0.15, -0.1) is 28.6 Å². The smallest absolute Gasteiger partial charge is 0.258 e. The number of benzene rings is 1. The highest BCUT2D eigenvalue weighted by Gasteiger charge is 2.19. The summed E-state index contributed by atoms with van der Waals surface area (Å²) in [5.41, 5.74) is 3.05. The van der Waals surface area contributed by atoms with Crippen LogP contribution in [0.3, 0.4) is 0 Å². The summed E-state index contributed by atoms with van der Waals surface area (Å²) in [6.07, 6.45) is 0. The molecule has 3 aromatic rings. The monoisotopic (exact) mass is 375 g/mol. The average Bonchev–Trinajstić information content (AvgIpc) is 3.37. The molecule has 7 nitrogen and oxygen atoms in total. The Morgan fingerprint density at radius 2 is 1.96 bits per heavy atom. The number of rotatable bonds is 5. The Kier molecular flexibility index (Phi) is 4.67. The standard InChI is InChI=1S/C16H17N5O2S2/c1-10-11(2)18-23-15(10)21-14(17-19-20-21)9-22-13-5-3-12(4-6-13)16-24-7-8-25-16/h3-6,16H,7-9H2,1-2H3. The van der Waals surface area contributed by atoms with Gasteiger partial charge in [0, 0.05) is 17.1 Å². The predicted octanol–water partition coefficient (Wildman–Crippen LogP) is 3.32. The maximum atomic E-state index is 5.84. The molecule has 0 unspecified atom stereocenters. The molecule has 0 bridgehead atoms. The molecule has 1 aliphatic rings. The number of aryl methyl sites for hydroxylation is 1. The lowest BCUT2D eigenvalue weighted by molar-refractivity contribution is 0.287. The number of tetrazole rings is 1. The molecule has 0 aliphatic carbocycles. The van der Waals surface area contributed by atoms with Gasteiger partial charge < -0.3 is 9.26 Å². The van der Waals surface area contributed by atoms with Crippen molar-refractivity contribution < 1.29 is 9.26 Å². The summed E-state index contributed by atoms with van der Waals surface area (Å²) in [4.78, 5) is 0. The number of thioether (sulfide) groups is 2. The Morgan fingerprint density at radius 3 is 2.64 bits per heavy atom. The normalized spacial score (nSPS) is 15.0. The Morgan fingerprint density at radius 1 is 1.20 bits per heavy atom. The van der Waals surface area contributed by atoms with Crippen molar-refractivity contribution in [2.75, 3.05) is 11.5 Å². The van der Waals surface area contributed by atoms with Crippen LogP contribution in [-0.2, 0) is 6.61 Å². The summed E-state index contributed by atoms with van der Waals surface area (Å²) in [5, 5.41) is 15.7. The molecule has 2 aromatic heterocycles. The van der Waals surface area contributed by atoms with E-state index in [-0.39, 0.29) is 6.61 Å². The second-order valence-electron chi connectivity index (χ2n) is 5.64. The molecule has 130 valence electrons. The molecule has 9 heteroatoms. The van der Waals surface area contributed by atoms with Gasteiger partial charge in [-0.25, -0.2) is 0 Å². The molecule has 1 saturated heterocycles. The highest BCUT2D eigenvalue weighted by atomic mass is 32.2. The summed E-state index contributed by atoms with van der Waals surface area (Å²) in [6, 6.07) is 8.23. The molecule has 0 spiro atoms. The van der Waals surface area contributed by atoms with Crippen molar-refractivity contribution in [3.05, 3.63) is 46.9 Å². The van der Waals surface area contributed by atoms with Crippen molar-refractivity contribution >= 4 is 23.5 Å². The summed E-state index contributed by atoms with van der Waals surface area (Å²) >= 11 is 3.98. The molecule has 1 aromatic carbocycles. The van der Waals surface area contributed by atoms with Gasteiger partial charge in [0.1, 0.15) is 12.4 Å². The second-order valence-corrected chi connectivity index (χ2v) is 8.36. The van der Waals surface area contributed by atoms with Crippen LogP contribution in [0.2, 0.25) is 0 Å². The van der Waals surface area contributed by atoms with E-state index in [1.54, 1.807) is 0 Å². The topological polar surface area (TPSA) is 78.9 Å². The number of aromatic nitrogens is 5. The lowest BCUT2D eigenvalue weighted by Gasteiger charge is -2.10. The first-order chi connectivity index (χ1) is 12.2. The van der Waals surface area contributed by atoms with E-state index in [1.165, 1.54) is 21.8 Å². The van der Waals surface area contributed by atoms with E-state index >= 15 is 0 Å². The van der Waals surface area contributed by atoms with E-state index < -0.39 is 0 Å². The Hall–Kier alpha value is -2.00. The number of ether oxygens (including phenoxy) is 1. The van der Waals surface area contributed by atoms with Gasteiger partial charge in [-0.2, -0.15) is 4.68 Å². The van der Waals surface area contributed by atoms with Gasteiger partial charge in [0.2, 0.25) is 0 Å². The van der Waals surface area contributed by atoms with Crippen LogP contribution in [-0.4, -0.2) is 36.9 Å². The fourth-order valence-corrected chi connectivity index (χ4v) is 5.33. The molecule has 0 N–H and O–H groups in total. The van der Waals surface area contributed by atoms with E-state index in [9.17, 15) is 0 Å². The third-order valence-corrected chi connectivity index (χ3v) is 7.11. The summed E-state index contributed by atoms with van der Waals surface area (Å²) < 4.78 is 13.2. The molecule has 4 rings (SSSR count). The van der Waals surface area contributed by atoms with Crippen molar-refractivity contribution in [2.45, 2.75) is 25.0 Å². The van der Waals surface area contributed by atoms with E-state index in [0.29, 0.717) is 16.3 Å². The van der Waals surface area contributed by atoms with Crippen LogP contribution in [0.5, 0.6) is 5.75 Å². The van der Waals surface area contributed by atoms with Crippen LogP contribution in [0.15, 0.2) is 28.8 Å². The molecule has 0 radical (unpaired) electrons. The van der Waals surface area contributed by atoms with Crippen molar-refractivity contribution in [2.24, 2.45) is 0 Å². The van der Waals surface area contributed by atoms with Crippen molar-refractivity contribution in [1.29, 1.82) is 0 Å². The SMILES string of the molecule is Cc1noc(-n2nnnc2COc2ccc(C3SCCS3)cc2)c1C. The van der Waals surface area contributed by atoms with Gasteiger partial charge >= 0.3 is 0 Å². The predicted molar refractivity (Wildman–Crippen MR) is 97.1 cm³/mol. The highest BCUT2D eigenvalue weighted by molar-refractivity contribution is 8.19. The highest BCUT2D eigenvalue weighted by Crippen LogP contribution is 2.45. The summed E-state index contributed by atoms with van der Waals surface area (Å²) in [7, 11) is 0. The van der Waals surface area contributed by atoms with Gasteiger partial charge in [0.25, 0.3) is 5.88 Å². The molecule has 0 amide bonds. The zero-order chi connectivity index (χ0) is 17.2. The minimum Gasteiger partial charge on any atom is -0.486 e. The van der Waals surface area contributed by atoms with Crippen LogP contribution >= 0.6 is 23.5 Å². The van der Waals surface area contributed by atoms with E-state index in [1.807, 2.05) is 49.5 Å². The van der Waals surface area contributed by atoms with Gasteiger partial charge in [0.15, 0.2) is 5.82 Å². The largest absolute Gasteiger partial charge is 0.486 e. The minimum atomic E-state index is 0.248. The Bertz CT molecular complexity index is 856. The van der Waals surface area contributed by atoms with Gasteiger partial charge in [-0.3, -0.25) is 0 Å².